The highest BCUT2D eigenvalue weighted by molar-refractivity contribution is 6.34. The Balaban J connectivity index is 2.32. The van der Waals surface area contributed by atoms with Crippen molar-refractivity contribution in [3.8, 4) is 0 Å². The van der Waals surface area contributed by atoms with E-state index in [2.05, 4.69) is 4.98 Å². The van der Waals surface area contributed by atoms with Crippen molar-refractivity contribution in [2.75, 3.05) is 0 Å². The lowest BCUT2D eigenvalue weighted by atomic mass is 9.93. The number of hydrogen-bond acceptors (Lipinski definition) is 1. The molecule has 1 fully saturated rings. The van der Waals surface area contributed by atoms with Crippen molar-refractivity contribution in [2.24, 2.45) is 0 Å². The van der Waals surface area contributed by atoms with E-state index in [1.165, 1.54) is 6.42 Å². The SMILES string of the molecule is O=c1[nH]c2c(Cl)cccc2n1C1CCC1. The Labute approximate surface area is 91.7 Å². The van der Waals surface area contributed by atoms with Crippen molar-refractivity contribution in [3.05, 3.63) is 33.7 Å². The Morgan fingerprint density at radius 3 is 2.87 bits per heavy atom. The Morgan fingerprint density at radius 1 is 1.40 bits per heavy atom. The van der Waals surface area contributed by atoms with Gasteiger partial charge in [0, 0.05) is 6.04 Å². The molecule has 1 N–H and O–H groups in total. The van der Waals surface area contributed by atoms with Crippen LogP contribution in [0.15, 0.2) is 23.0 Å². The van der Waals surface area contributed by atoms with Crippen LogP contribution in [0.3, 0.4) is 0 Å². The van der Waals surface area contributed by atoms with E-state index in [1.807, 2.05) is 16.7 Å². The average Bonchev–Trinajstić information content (AvgIpc) is 2.44. The first-order chi connectivity index (χ1) is 7.27. The summed E-state index contributed by atoms with van der Waals surface area (Å²) in [6.07, 6.45) is 3.41. The molecular formula is C11H11ClN2O. The smallest absolute Gasteiger partial charge is 0.304 e. The highest BCUT2D eigenvalue weighted by atomic mass is 35.5. The third kappa shape index (κ3) is 1.23. The van der Waals surface area contributed by atoms with Crippen LogP contribution in [0.4, 0.5) is 0 Å². The average molecular weight is 223 g/mol. The summed E-state index contributed by atoms with van der Waals surface area (Å²) in [6, 6.07) is 5.99. The molecule has 0 radical (unpaired) electrons. The summed E-state index contributed by atoms with van der Waals surface area (Å²) in [7, 11) is 0. The van der Waals surface area contributed by atoms with Crippen molar-refractivity contribution >= 4 is 22.6 Å². The number of nitrogens with zero attached hydrogens (tertiary/aromatic N) is 1. The molecule has 0 aliphatic heterocycles. The standard InChI is InChI=1S/C11H11ClN2O/c12-8-5-2-6-9-10(8)13-11(15)14(9)7-3-1-4-7/h2,5-7H,1,3-4H2,(H,13,15). The number of imidazole rings is 1. The van der Waals surface area contributed by atoms with E-state index in [-0.39, 0.29) is 5.69 Å². The summed E-state index contributed by atoms with van der Waals surface area (Å²) < 4.78 is 1.84. The number of nitrogens with one attached hydrogen (secondary N) is 1. The molecule has 3 rings (SSSR count). The number of aromatic amines is 1. The van der Waals surface area contributed by atoms with Gasteiger partial charge in [-0.3, -0.25) is 4.57 Å². The normalized spacial score (nSPS) is 16.9. The van der Waals surface area contributed by atoms with Crippen LogP contribution in [0.5, 0.6) is 0 Å². The van der Waals surface area contributed by atoms with E-state index in [9.17, 15) is 4.79 Å². The second kappa shape index (κ2) is 3.14. The highest BCUT2D eigenvalue weighted by Crippen LogP contribution is 2.33. The fraction of sp³-hybridized carbons (Fsp3) is 0.364. The monoisotopic (exact) mass is 222 g/mol. The third-order valence-electron chi connectivity index (χ3n) is 3.14. The molecule has 1 aliphatic rings. The summed E-state index contributed by atoms with van der Waals surface area (Å²) in [6.45, 7) is 0. The number of rotatable bonds is 1. The third-order valence-corrected chi connectivity index (χ3v) is 3.46. The zero-order valence-corrected chi connectivity index (χ0v) is 8.92. The van der Waals surface area contributed by atoms with Gasteiger partial charge in [-0.2, -0.15) is 0 Å². The molecule has 0 amide bonds. The van der Waals surface area contributed by atoms with E-state index >= 15 is 0 Å². The lowest BCUT2D eigenvalue weighted by Crippen LogP contribution is -2.26. The number of aromatic nitrogens is 2. The molecule has 0 unspecified atom stereocenters. The van der Waals surface area contributed by atoms with Gasteiger partial charge in [-0.05, 0) is 31.4 Å². The molecule has 1 aromatic carbocycles. The van der Waals surface area contributed by atoms with Gasteiger partial charge in [0.05, 0.1) is 16.1 Å². The molecule has 1 aliphatic carbocycles. The van der Waals surface area contributed by atoms with E-state index in [0.717, 1.165) is 23.9 Å². The maximum atomic E-state index is 11.8. The molecule has 0 bridgehead atoms. The molecule has 78 valence electrons. The van der Waals surface area contributed by atoms with Crippen molar-refractivity contribution < 1.29 is 0 Å². The van der Waals surface area contributed by atoms with Crippen LogP contribution >= 0.6 is 11.6 Å². The number of H-pyrrole nitrogens is 1. The Hall–Kier alpha value is -1.22. The van der Waals surface area contributed by atoms with Crippen LogP contribution < -0.4 is 5.69 Å². The fourth-order valence-electron chi connectivity index (χ4n) is 2.12. The van der Waals surface area contributed by atoms with Gasteiger partial charge in [-0.1, -0.05) is 17.7 Å². The van der Waals surface area contributed by atoms with Gasteiger partial charge in [0.1, 0.15) is 0 Å². The van der Waals surface area contributed by atoms with E-state index in [0.29, 0.717) is 11.1 Å². The first-order valence-corrected chi connectivity index (χ1v) is 5.54. The fourth-order valence-corrected chi connectivity index (χ4v) is 2.34. The second-order valence-corrected chi connectivity index (χ2v) is 4.43. The number of halogens is 1. The number of para-hydroxylation sites is 1. The zero-order valence-electron chi connectivity index (χ0n) is 8.16. The lowest BCUT2D eigenvalue weighted by molar-refractivity contribution is 0.314. The summed E-state index contributed by atoms with van der Waals surface area (Å²) >= 11 is 6.02. The van der Waals surface area contributed by atoms with Crippen LogP contribution in [0.2, 0.25) is 5.02 Å². The minimum Gasteiger partial charge on any atom is -0.304 e. The number of benzene rings is 1. The molecule has 15 heavy (non-hydrogen) atoms. The summed E-state index contributed by atoms with van der Waals surface area (Å²) in [5, 5.41) is 0.614. The summed E-state index contributed by atoms with van der Waals surface area (Å²) in [5.41, 5.74) is 1.65. The van der Waals surface area contributed by atoms with E-state index in [1.54, 1.807) is 6.07 Å². The van der Waals surface area contributed by atoms with Crippen molar-refractivity contribution in [3.63, 3.8) is 0 Å². The molecule has 3 nitrogen and oxygen atoms in total. The molecule has 0 saturated heterocycles. The van der Waals surface area contributed by atoms with Crippen LogP contribution in [-0.2, 0) is 0 Å². The minimum atomic E-state index is -0.0391. The van der Waals surface area contributed by atoms with Gasteiger partial charge in [0.2, 0.25) is 0 Å². The Kier molecular flexibility index (Phi) is 1.89. The molecule has 4 heteroatoms. The topological polar surface area (TPSA) is 37.8 Å². The molecule has 0 spiro atoms. The maximum absolute atomic E-state index is 11.8. The van der Waals surface area contributed by atoms with E-state index < -0.39 is 0 Å². The van der Waals surface area contributed by atoms with Gasteiger partial charge in [0.25, 0.3) is 0 Å². The van der Waals surface area contributed by atoms with Crippen LogP contribution in [0.25, 0.3) is 11.0 Å². The first-order valence-electron chi connectivity index (χ1n) is 5.16. The van der Waals surface area contributed by atoms with E-state index in [4.69, 9.17) is 11.6 Å². The molecule has 1 saturated carbocycles. The Bertz CT molecular complexity index is 565. The quantitative estimate of drug-likeness (QED) is 0.792. The predicted molar refractivity (Wildman–Crippen MR) is 60.5 cm³/mol. The van der Waals surface area contributed by atoms with Crippen molar-refractivity contribution in [1.29, 1.82) is 0 Å². The zero-order chi connectivity index (χ0) is 10.4. The van der Waals surface area contributed by atoms with Crippen molar-refractivity contribution in [1.82, 2.24) is 9.55 Å². The van der Waals surface area contributed by atoms with Crippen LogP contribution in [0, 0.1) is 0 Å². The molecular weight excluding hydrogens is 212 g/mol. The minimum absolute atomic E-state index is 0.0391. The van der Waals surface area contributed by atoms with Crippen molar-refractivity contribution in [2.45, 2.75) is 25.3 Å². The van der Waals surface area contributed by atoms with Gasteiger partial charge in [-0.15, -0.1) is 0 Å². The van der Waals surface area contributed by atoms with Gasteiger partial charge >= 0.3 is 5.69 Å². The second-order valence-electron chi connectivity index (χ2n) is 4.02. The summed E-state index contributed by atoms with van der Waals surface area (Å²) in [5.74, 6) is 0. The molecule has 0 atom stereocenters. The summed E-state index contributed by atoms with van der Waals surface area (Å²) in [4.78, 5) is 14.6. The highest BCUT2D eigenvalue weighted by Gasteiger charge is 2.23. The van der Waals surface area contributed by atoms with Crippen LogP contribution in [0.1, 0.15) is 25.3 Å². The Morgan fingerprint density at radius 2 is 2.20 bits per heavy atom. The number of fused-ring (bicyclic) bond motifs is 1. The largest absolute Gasteiger partial charge is 0.326 e. The van der Waals surface area contributed by atoms with Gasteiger partial charge in [0.15, 0.2) is 0 Å². The molecule has 1 aromatic heterocycles. The first kappa shape index (κ1) is 9.04. The predicted octanol–water partition coefficient (Wildman–Crippen LogP) is 2.71. The number of hydrogen-bond donors (Lipinski definition) is 1. The van der Waals surface area contributed by atoms with Crippen LogP contribution in [-0.4, -0.2) is 9.55 Å². The molecule has 2 aromatic rings. The lowest BCUT2D eigenvalue weighted by Gasteiger charge is -2.26. The van der Waals surface area contributed by atoms with Gasteiger partial charge < -0.3 is 4.98 Å². The maximum Gasteiger partial charge on any atom is 0.326 e. The molecule has 1 heterocycles. The van der Waals surface area contributed by atoms with Gasteiger partial charge in [-0.25, -0.2) is 4.79 Å².